The SMILES string of the molecule is Cc1c(C(=O)C(CC(C)(C)C)NC(=O)OC(C)(C)C)c(O)n(OCc2ccccc2)c1O. The van der Waals surface area contributed by atoms with Gasteiger partial charge in [0.05, 0.1) is 11.6 Å². The molecule has 0 radical (unpaired) electrons. The molecule has 0 fully saturated rings. The number of hydrogen-bond acceptors (Lipinski definition) is 6. The van der Waals surface area contributed by atoms with Crippen LogP contribution in [0.2, 0.25) is 0 Å². The van der Waals surface area contributed by atoms with Crippen LogP contribution in [-0.4, -0.2) is 38.5 Å². The maximum atomic E-state index is 13.4. The number of alkyl carbamates (subject to hydrolysis) is 1. The minimum atomic E-state index is -0.973. The quantitative estimate of drug-likeness (QED) is 0.546. The van der Waals surface area contributed by atoms with Gasteiger partial charge in [0.1, 0.15) is 12.2 Å². The first-order valence-corrected chi connectivity index (χ1v) is 10.5. The number of carbonyl (C=O) groups is 2. The highest BCUT2D eigenvalue weighted by molar-refractivity contribution is 6.05. The molecule has 0 saturated carbocycles. The van der Waals surface area contributed by atoms with Gasteiger partial charge in [0.2, 0.25) is 11.8 Å². The molecule has 176 valence electrons. The van der Waals surface area contributed by atoms with Crippen molar-refractivity contribution in [3.05, 3.63) is 47.0 Å². The number of nitrogens with one attached hydrogen (secondary N) is 1. The second-order valence-corrected chi connectivity index (χ2v) is 10.0. The van der Waals surface area contributed by atoms with Crippen LogP contribution in [0.1, 0.15) is 69.4 Å². The van der Waals surface area contributed by atoms with Gasteiger partial charge in [-0.1, -0.05) is 51.1 Å². The van der Waals surface area contributed by atoms with E-state index in [4.69, 9.17) is 9.57 Å². The number of amides is 1. The van der Waals surface area contributed by atoms with E-state index >= 15 is 0 Å². The number of ether oxygens (including phenoxy) is 1. The van der Waals surface area contributed by atoms with Gasteiger partial charge in [-0.3, -0.25) is 4.79 Å². The van der Waals surface area contributed by atoms with Crippen LogP contribution in [0, 0.1) is 12.3 Å². The van der Waals surface area contributed by atoms with E-state index in [9.17, 15) is 19.8 Å². The lowest BCUT2D eigenvalue weighted by Gasteiger charge is -2.27. The van der Waals surface area contributed by atoms with Crippen LogP contribution in [0.4, 0.5) is 4.79 Å². The minimum Gasteiger partial charge on any atom is -0.492 e. The molecule has 1 atom stereocenters. The third kappa shape index (κ3) is 6.67. The van der Waals surface area contributed by atoms with E-state index in [0.717, 1.165) is 10.3 Å². The Morgan fingerprint density at radius 1 is 1.03 bits per heavy atom. The van der Waals surface area contributed by atoms with Crippen LogP contribution in [0.15, 0.2) is 30.3 Å². The molecule has 0 saturated heterocycles. The molecule has 1 aromatic carbocycles. The van der Waals surface area contributed by atoms with Crippen molar-refractivity contribution in [2.24, 2.45) is 5.41 Å². The number of carbonyl (C=O) groups excluding carboxylic acids is 2. The molecular weight excluding hydrogens is 412 g/mol. The van der Waals surface area contributed by atoms with E-state index in [1.807, 2.05) is 51.1 Å². The van der Waals surface area contributed by atoms with Crippen molar-refractivity contribution in [1.82, 2.24) is 10.0 Å². The van der Waals surface area contributed by atoms with Crippen molar-refractivity contribution < 1.29 is 29.4 Å². The summed E-state index contributed by atoms with van der Waals surface area (Å²) in [5.74, 6) is -1.45. The summed E-state index contributed by atoms with van der Waals surface area (Å²) in [4.78, 5) is 31.3. The standard InChI is InChI=1S/C24H34N2O6/c1-15-18(21(29)26(20(15)28)31-14-16-11-9-8-10-12-16)19(27)17(13-23(2,3)4)25-22(30)32-24(5,6)7/h8-12,17,28-29H,13-14H2,1-7H3,(H,25,30). The summed E-state index contributed by atoms with van der Waals surface area (Å²) in [6.07, 6.45) is -0.443. The second kappa shape index (κ2) is 9.54. The molecule has 8 nitrogen and oxygen atoms in total. The Morgan fingerprint density at radius 3 is 2.16 bits per heavy atom. The molecule has 1 heterocycles. The first kappa shape index (κ1) is 25.1. The number of ketones is 1. The Bertz CT molecular complexity index is 952. The largest absolute Gasteiger partial charge is 0.492 e. The average molecular weight is 447 g/mol. The summed E-state index contributed by atoms with van der Waals surface area (Å²) in [5.41, 5.74) is -0.175. The molecule has 2 aromatic rings. The maximum absolute atomic E-state index is 13.4. The molecule has 0 bridgehead atoms. The monoisotopic (exact) mass is 446 g/mol. The van der Waals surface area contributed by atoms with Gasteiger partial charge in [0.25, 0.3) is 0 Å². The normalized spacial score (nSPS) is 12.8. The number of Topliss-reactive ketones (excluding diaryl/α,β-unsaturated/α-hetero) is 1. The van der Waals surface area contributed by atoms with E-state index in [1.165, 1.54) is 6.92 Å². The zero-order valence-electron chi connectivity index (χ0n) is 19.9. The molecule has 0 aliphatic heterocycles. The van der Waals surface area contributed by atoms with E-state index in [1.54, 1.807) is 20.8 Å². The van der Waals surface area contributed by atoms with Crippen LogP contribution in [0.3, 0.4) is 0 Å². The van der Waals surface area contributed by atoms with E-state index in [-0.39, 0.29) is 29.0 Å². The Kier molecular flexibility index (Phi) is 7.49. The molecule has 1 aromatic heterocycles. The topological polar surface area (TPSA) is 110 Å². The van der Waals surface area contributed by atoms with Gasteiger partial charge in [-0.05, 0) is 45.1 Å². The highest BCUT2D eigenvalue weighted by Crippen LogP contribution is 2.34. The van der Waals surface area contributed by atoms with Gasteiger partial charge in [0, 0.05) is 5.56 Å². The molecule has 0 aliphatic rings. The Balaban J connectivity index is 2.32. The molecule has 8 heteroatoms. The van der Waals surface area contributed by atoms with E-state index in [0.29, 0.717) is 6.42 Å². The smallest absolute Gasteiger partial charge is 0.408 e. The van der Waals surface area contributed by atoms with Gasteiger partial charge >= 0.3 is 6.09 Å². The molecule has 2 rings (SSSR count). The predicted octanol–water partition coefficient (Wildman–Crippen LogP) is 4.35. The van der Waals surface area contributed by atoms with Gasteiger partial charge in [-0.2, -0.15) is 0 Å². The minimum absolute atomic E-state index is 0.0747. The zero-order chi connectivity index (χ0) is 24.3. The Morgan fingerprint density at radius 2 is 1.62 bits per heavy atom. The van der Waals surface area contributed by atoms with Crippen molar-refractivity contribution in [1.29, 1.82) is 0 Å². The van der Waals surface area contributed by atoms with Gasteiger partial charge in [-0.25, -0.2) is 4.79 Å². The van der Waals surface area contributed by atoms with Crippen molar-refractivity contribution >= 4 is 11.9 Å². The summed E-state index contributed by atoms with van der Waals surface area (Å²) in [6, 6.07) is 8.24. The van der Waals surface area contributed by atoms with Gasteiger partial charge in [0.15, 0.2) is 5.78 Å². The molecule has 32 heavy (non-hydrogen) atoms. The first-order chi connectivity index (χ1) is 14.7. The van der Waals surface area contributed by atoms with Crippen molar-refractivity contribution in [3.8, 4) is 11.8 Å². The lowest BCUT2D eigenvalue weighted by Crippen LogP contribution is -2.45. The first-order valence-electron chi connectivity index (χ1n) is 10.5. The van der Waals surface area contributed by atoms with Crippen LogP contribution in [0.5, 0.6) is 11.8 Å². The number of nitrogens with zero attached hydrogens (tertiary/aromatic N) is 1. The summed E-state index contributed by atoms with van der Waals surface area (Å²) in [5, 5.41) is 23.8. The molecular formula is C24H34N2O6. The number of benzene rings is 1. The van der Waals surface area contributed by atoms with Crippen LogP contribution < -0.4 is 10.2 Å². The van der Waals surface area contributed by atoms with Gasteiger partial charge < -0.3 is 25.1 Å². The fourth-order valence-electron chi connectivity index (χ4n) is 3.21. The maximum Gasteiger partial charge on any atom is 0.408 e. The number of aromatic nitrogens is 1. The highest BCUT2D eigenvalue weighted by Gasteiger charge is 2.34. The van der Waals surface area contributed by atoms with Crippen molar-refractivity contribution in [3.63, 3.8) is 0 Å². The predicted molar refractivity (Wildman–Crippen MR) is 121 cm³/mol. The fourth-order valence-corrected chi connectivity index (χ4v) is 3.21. The summed E-state index contributed by atoms with van der Waals surface area (Å²) < 4.78 is 6.13. The number of hydrogen-bond donors (Lipinski definition) is 3. The number of rotatable bonds is 7. The van der Waals surface area contributed by atoms with Crippen LogP contribution >= 0.6 is 0 Å². The van der Waals surface area contributed by atoms with Crippen molar-refractivity contribution in [2.75, 3.05) is 0 Å². The molecule has 0 aliphatic carbocycles. The highest BCUT2D eigenvalue weighted by atomic mass is 16.7. The third-order valence-corrected chi connectivity index (χ3v) is 4.59. The Labute approximate surface area is 189 Å². The molecule has 0 spiro atoms. The van der Waals surface area contributed by atoms with Crippen LogP contribution in [-0.2, 0) is 11.3 Å². The molecule has 3 N–H and O–H groups in total. The van der Waals surface area contributed by atoms with E-state index < -0.39 is 29.4 Å². The second-order valence-electron chi connectivity index (χ2n) is 10.0. The van der Waals surface area contributed by atoms with Crippen LogP contribution in [0.25, 0.3) is 0 Å². The molecule has 1 unspecified atom stereocenters. The summed E-state index contributed by atoms with van der Waals surface area (Å²) in [7, 11) is 0. The Hall–Kier alpha value is -3.16. The van der Waals surface area contributed by atoms with Gasteiger partial charge in [-0.15, -0.1) is 4.73 Å². The lowest BCUT2D eigenvalue weighted by atomic mass is 9.85. The summed E-state index contributed by atoms with van der Waals surface area (Å²) in [6.45, 7) is 12.6. The average Bonchev–Trinajstić information content (AvgIpc) is 2.86. The van der Waals surface area contributed by atoms with E-state index in [2.05, 4.69) is 5.32 Å². The summed E-state index contributed by atoms with van der Waals surface area (Å²) >= 11 is 0. The van der Waals surface area contributed by atoms with Crippen molar-refractivity contribution in [2.45, 2.75) is 73.1 Å². The zero-order valence-corrected chi connectivity index (χ0v) is 19.9. The third-order valence-electron chi connectivity index (χ3n) is 4.59. The number of aromatic hydroxyl groups is 2. The fraction of sp³-hybridized carbons (Fsp3) is 0.500. The molecule has 1 amide bonds. The lowest BCUT2D eigenvalue weighted by molar-refractivity contribution is 0.0475.